The molecule has 0 radical (unpaired) electrons. The number of benzene rings is 2. The zero-order valence-corrected chi connectivity index (χ0v) is 21.4. The molecule has 0 bridgehead atoms. The second-order valence-electron chi connectivity index (χ2n) is 8.16. The first kappa shape index (κ1) is 25.8. The van der Waals surface area contributed by atoms with E-state index in [-0.39, 0.29) is 18.0 Å². The molecule has 1 N–H and O–H groups in total. The Labute approximate surface area is 217 Å². The van der Waals surface area contributed by atoms with Crippen LogP contribution in [-0.2, 0) is 14.3 Å². The molecule has 1 amide bonds. The Balaban J connectivity index is 1.48. The highest BCUT2D eigenvalue weighted by Crippen LogP contribution is 2.36. The highest BCUT2D eigenvalue weighted by atomic mass is 32.1. The summed E-state index contributed by atoms with van der Waals surface area (Å²) in [6, 6.07) is 16.9. The van der Waals surface area contributed by atoms with Crippen molar-refractivity contribution in [1.29, 1.82) is 0 Å². The van der Waals surface area contributed by atoms with Crippen LogP contribution >= 0.6 is 11.3 Å². The summed E-state index contributed by atoms with van der Waals surface area (Å²) in [7, 11) is 0. The zero-order valence-electron chi connectivity index (χ0n) is 20.5. The SMILES string of the molecule is CCOC(=O)c1c(-c2ccccc2)csc1NC(=O)COC(=O)c1cc(C)n(-c2ccc(F)cc2)c1C. The number of thiophene rings is 1. The van der Waals surface area contributed by atoms with E-state index in [0.717, 1.165) is 11.3 Å². The molecule has 9 heteroatoms. The van der Waals surface area contributed by atoms with Crippen LogP contribution in [0, 0.1) is 19.7 Å². The van der Waals surface area contributed by atoms with Gasteiger partial charge in [-0.3, -0.25) is 4.79 Å². The van der Waals surface area contributed by atoms with Crippen LogP contribution in [0.4, 0.5) is 9.39 Å². The first-order chi connectivity index (χ1) is 17.8. The van der Waals surface area contributed by atoms with Crippen molar-refractivity contribution in [2.75, 3.05) is 18.5 Å². The lowest BCUT2D eigenvalue weighted by molar-refractivity contribution is -0.119. The predicted molar refractivity (Wildman–Crippen MR) is 140 cm³/mol. The van der Waals surface area contributed by atoms with Gasteiger partial charge in [0, 0.05) is 28.0 Å². The van der Waals surface area contributed by atoms with Crippen LogP contribution in [-0.4, -0.2) is 35.6 Å². The van der Waals surface area contributed by atoms with Crippen molar-refractivity contribution in [2.45, 2.75) is 20.8 Å². The zero-order chi connectivity index (χ0) is 26.5. The van der Waals surface area contributed by atoms with E-state index in [2.05, 4.69) is 5.32 Å². The van der Waals surface area contributed by atoms with Gasteiger partial charge < -0.3 is 19.4 Å². The Bertz CT molecular complexity index is 1440. The maximum Gasteiger partial charge on any atom is 0.341 e. The summed E-state index contributed by atoms with van der Waals surface area (Å²) in [5.74, 6) is -2.17. The second-order valence-corrected chi connectivity index (χ2v) is 9.04. The lowest BCUT2D eigenvalue weighted by atomic mass is 10.0. The summed E-state index contributed by atoms with van der Waals surface area (Å²) in [5, 5.41) is 4.75. The first-order valence-corrected chi connectivity index (χ1v) is 12.4. The van der Waals surface area contributed by atoms with E-state index in [9.17, 15) is 18.8 Å². The van der Waals surface area contributed by atoms with Gasteiger partial charge in [-0.05, 0) is 56.7 Å². The maximum atomic E-state index is 13.3. The molecule has 4 rings (SSSR count). The molecule has 0 unspecified atom stereocenters. The molecule has 0 aliphatic carbocycles. The molecule has 7 nitrogen and oxygen atoms in total. The number of aromatic nitrogens is 1. The molecular weight excluding hydrogens is 495 g/mol. The fraction of sp³-hybridized carbons (Fsp3) is 0.179. The fourth-order valence-corrected chi connectivity index (χ4v) is 4.99. The molecule has 2 heterocycles. The highest BCUT2D eigenvalue weighted by molar-refractivity contribution is 7.15. The molecule has 0 atom stereocenters. The Morgan fingerprint density at radius 1 is 0.973 bits per heavy atom. The van der Waals surface area contributed by atoms with E-state index < -0.39 is 24.5 Å². The quantitative estimate of drug-likeness (QED) is 0.291. The highest BCUT2D eigenvalue weighted by Gasteiger charge is 2.24. The van der Waals surface area contributed by atoms with Gasteiger partial charge in [-0.1, -0.05) is 30.3 Å². The van der Waals surface area contributed by atoms with E-state index in [1.54, 1.807) is 42.0 Å². The van der Waals surface area contributed by atoms with E-state index in [0.29, 0.717) is 27.5 Å². The molecular formula is C28H25FN2O5S. The van der Waals surface area contributed by atoms with Crippen LogP contribution in [0.2, 0.25) is 0 Å². The minimum absolute atomic E-state index is 0.185. The Hall–Kier alpha value is -4.24. The number of halogens is 1. The number of anilines is 1. The number of hydrogen-bond acceptors (Lipinski definition) is 6. The van der Waals surface area contributed by atoms with Crippen LogP contribution in [0.3, 0.4) is 0 Å². The van der Waals surface area contributed by atoms with Gasteiger partial charge in [0.1, 0.15) is 16.4 Å². The molecule has 190 valence electrons. The van der Waals surface area contributed by atoms with Crippen LogP contribution in [0.1, 0.15) is 39.0 Å². The molecule has 0 aliphatic heterocycles. The van der Waals surface area contributed by atoms with Crippen LogP contribution in [0.15, 0.2) is 66.0 Å². The van der Waals surface area contributed by atoms with E-state index >= 15 is 0 Å². The third kappa shape index (κ3) is 5.62. The topological polar surface area (TPSA) is 86.6 Å². The standard InChI is InChI=1S/C28H25FN2O5S/c1-4-35-28(34)25-23(19-8-6-5-7-9-19)16-37-26(25)30-24(32)15-36-27(33)22-14-17(2)31(18(22)3)21-12-10-20(29)11-13-21/h5-14,16H,4,15H2,1-3H3,(H,30,32). The Morgan fingerprint density at radius 3 is 2.35 bits per heavy atom. The molecule has 0 fully saturated rings. The van der Waals surface area contributed by atoms with Gasteiger partial charge >= 0.3 is 11.9 Å². The maximum absolute atomic E-state index is 13.3. The number of rotatable bonds is 8. The third-order valence-electron chi connectivity index (χ3n) is 5.68. The smallest absolute Gasteiger partial charge is 0.341 e. The average molecular weight is 521 g/mol. The number of aryl methyl sites for hydroxylation is 1. The number of amides is 1. The number of carbonyl (C=O) groups is 3. The van der Waals surface area contributed by atoms with Gasteiger partial charge in [-0.25, -0.2) is 14.0 Å². The molecule has 2 aromatic heterocycles. The molecule has 4 aromatic rings. The first-order valence-electron chi connectivity index (χ1n) is 11.6. The number of carbonyl (C=O) groups excluding carboxylic acids is 3. The van der Waals surface area contributed by atoms with Crippen molar-refractivity contribution < 1.29 is 28.2 Å². The lowest BCUT2D eigenvalue weighted by Crippen LogP contribution is -2.22. The largest absolute Gasteiger partial charge is 0.462 e. The molecule has 2 aromatic carbocycles. The molecule has 37 heavy (non-hydrogen) atoms. The summed E-state index contributed by atoms with van der Waals surface area (Å²) in [6.45, 7) is 4.91. The van der Waals surface area contributed by atoms with Crippen LogP contribution in [0.25, 0.3) is 16.8 Å². The van der Waals surface area contributed by atoms with Gasteiger partial charge in [0.15, 0.2) is 6.61 Å². The van der Waals surface area contributed by atoms with Gasteiger partial charge in [-0.15, -0.1) is 11.3 Å². The normalized spacial score (nSPS) is 10.7. The number of nitrogens with zero attached hydrogens (tertiary/aromatic N) is 1. The molecule has 0 saturated heterocycles. The Morgan fingerprint density at radius 2 is 1.68 bits per heavy atom. The van der Waals surface area contributed by atoms with Gasteiger partial charge in [0.25, 0.3) is 5.91 Å². The van der Waals surface area contributed by atoms with Crippen molar-refractivity contribution in [3.63, 3.8) is 0 Å². The molecule has 0 aliphatic rings. The van der Waals surface area contributed by atoms with Gasteiger partial charge in [-0.2, -0.15) is 0 Å². The summed E-state index contributed by atoms with van der Waals surface area (Å²) >= 11 is 1.19. The van der Waals surface area contributed by atoms with E-state index in [4.69, 9.17) is 9.47 Å². The number of nitrogens with one attached hydrogen (secondary N) is 1. The number of hydrogen-bond donors (Lipinski definition) is 1. The summed E-state index contributed by atoms with van der Waals surface area (Å²) in [6.07, 6.45) is 0. The van der Waals surface area contributed by atoms with Crippen molar-refractivity contribution in [1.82, 2.24) is 4.57 Å². The number of ether oxygens (including phenoxy) is 2. The average Bonchev–Trinajstić information content (AvgIpc) is 3.44. The second kappa shape index (κ2) is 11.2. The van der Waals surface area contributed by atoms with Crippen molar-refractivity contribution in [2.24, 2.45) is 0 Å². The van der Waals surface area contributed by atoms with Crippen molar-refractivity contribution >= 4 is 34.2 Å². The fourth-order valence-electron chi connectivity index (χ4n) is 4.01. The summed E-state index contributed by atoms with van der Waals surface area (Å²) < 4.78 is 25.6. The van der Waals surface area contributed by atoms with E-state index in [1.807, 2.05) is 37.3 Å². The minimum Gasteiger partial charge on any atom is -0.462 e. The van der Waals surface area contributed by atoms with E-state index in [1.165, 1.54) is 23.5 Å². The van der Waals surface area contributed by atoms with Crippen LogP contribution in [0.5, 0.6) is 0 Å². The minimum atomic E-state index is -0.668. The third-order valence-corrected chi connectivity index (χ3v) is 6.57. The van der Waals surface area contributed by atoms with Gasteiger partial charge in [0.05, 0.1) is 12.2 Å². The summed E-state index contributed by atoms with van der Waals surface area (Å²) in [4.78, 5) is 38.1. The number of esters is 2. The lowest BCUT2D eigenvalue weighted by Gasteiger charge is -2.10. The van der Waals surface area contributed by atoms with Crippen molar-refractivity contribution in [3.8, 4) is 16.8 Å². The predicted octanol–water partition coefficient (Wildman–Crippen LogP) is 5.93. The molecule has 0 spiro atoms. The van der Waals surface area contributed by atoms with Gasteiger partial charge in [0.2, 0.25) is 0 Å². The van der Waals surface area contributed by atoms with Crippen LogP contribution < -0.4 is 5.32 Å². The Kier molecular flexibility index (Phi) is 7.83. The monoisotopic (exact) mass is 520 g/mol. The van der Waals surface area contributed by atoms with Crippen molar-refractivity contribution in [3.05, 3.63) is 94.4 Å². The summed E-state index contributed by atoms with van der Waals surface area (Å²) in [5.41, 5.74) is 4.06. The molecule has 0 saturated carbocycles.